The second kappa shape index (κ2) is 4.32. The third-order valence-corrected chi connectivity index (χ3v) is 1.80. The normalized spacial score (nSPS) is 10.4. The smallest absolute Gasteiger partial charge is 0.339 e. The molecule has 0 N–H and O–H groups in total. The Kier molecular flexibility index (Phi) is 3.35. The van der Waals surface area contributed by atoms with E-state index in [1.54, 1.807) is 0 Å². The molecule has 0 saturated carbocycles. The molecular weight excluding hydrogens is 216 g/mol. The van der Waals surface area contributed by atoms with Crippen LogP contribution in [-0.4, -0.2) is 18.1 Å². The van der Waals surface area contributed by atoms with Crippen molar-refractivity contribution in [2.45, 2.75) is 6.43 Å². The summed E-state index contributed by atoms with van der Waals surface area (Å²) in [6, 6.07) is 1.10. The van der Waals surface area contributed by atoms with Gasteiger partial charge in [0, 0.05) is 6.20 Å². The number of hydrogen-bond donors (Lipinski definition) is 0. The van der Waals surface area contributed by atoms with Crippen molar-refractivity contribution in [1.29, 1.82) is 0 Å². The van der Waals surface area contributed by atoms with Crippen LogP contribution in [0.1, 0.15) is 22.5 Å². The quantitative estimate of drug-likeness (QED) is 0.720. The SMILES string of the molecule is COC(=O)c1cnc(C(F)F)c(Cl)c1. The van der Waals surface area contributed by atoms with E-state index in [4.69, 9.17) is 11.6 Å². The maximum atomic E-state index is 12.2. The number of methoxy groups -OCH3 is 1. The number of nitrogens with zero attached hydrogens (tertiary/aromatic N) is 1. The Morgan fingerprint density at radius 2 is 2.29 bits per heavy atom. The minimum absolute atomic E-state index is 0.0434. The Morgan fingerprint density at radius 3 is 2.71 bits per heavy atom. The number of halogens is 3. The second-order valence-electron chi connectivity index (χ2n) is 2.38. The molecule has 1 aromatic heterocycles. The molecule has 0 aliphatic rings. The monoisotopic (exact) mass is 221 g/mol. The first kappa shape index (κ1) is 10.8. The summed E-state index contributed by atoms with van der Waals surface area (Å²) >= 11 is 5.48. The van der Waals surface area contributed by atoms with Crippen LogP contribution < -0.4 is 0 Å². The molecule has 0 fully saturated rings. The first-order valence-corrected chi connectivity index (χ1v) is 3.96. The zero-order valence-corrected chi connectivity index (χ0v) is 7.89. The molecule has 0 amide bonds. The molecule has 0 bridgehead atoms. The predicted octanol–water partition coefficient (Wildman–Crippen LogP) is 2.46. The van der Waals surface area contributed by atoms with Crippen LogP contribution in [0.2, 0.25) is 5.02 Å². The van der Waals surface area contributed by atoms with Crippen molar-refractivity contribution >= 4 is 17.6 Å². The van der Waals surface area contributed by atoms with Crippen molar-refractivity contribution < 1.29 is 18.3 Å². The molecule has 0 unspecified atom stereocenters. The average Bonchev–Trinajstić information content (AvgIpc) is 2.15. The highest BCUT2D eigenvalue weighted by Crippen LogP contribution is 2.25. The summed E-state index contributed by atoms with van der Waals surface area (Å²) < 4.78 is 28.7. The Morgan fingerprint density at radius 1 is 1.64 bits per heavy atom. The molecule has 0 aromatic carbocycles. The van der Waals surface area contributed by atoms with Gasteiger partial charge in [0.2, 0.25) is 0 Å². The highest BCUT2D eigenvalue weighted by Gasteiger charge is 2.16. The second-order valence-corrected chi connectivity index (χ2v) is 2.79. The summed E-state index contributed by atoms with van der Waals surface area (Å²) in [6.07, 6.45) is -1.76. The molecule has 0 aliphatic heterocycles. The molecule has 6 heteroatoms. The fourth-order valence-corrected chi connectivity index (χ4v) is 1.09. The summed E-state index contributed by atoms with van der Waals surface area (Å²) in [5.41, 5.74) is -0.499. The van der Waals surface area contributed by atoms with Crippen LogP contribution in [0.4, 0.5) is 8.78 Å². The molecule has 76 valence electrons. The van der Waals surface area contributed by atoms with E-state index in [2.05, 4.69) is 9.72 Å². The first-order valence-electron chi connectivity index (χ1n) is 3.58. The van der Waals surface area contributed by atoms with Crippen LogP contribution in [0.15, 0.2) is 12.3 Å². The molecular formula is C8H6ClF2NO2. The Bertz CT molecular complexity index is 357. The van der Waals surface area contributed by atoms with Gasteiger partial charge in [0.1, 0.15) is 5.69 Å². The fraction of sp³-hybridized carbons (Fsp3) is 0.250. The number of rotatable bonds is 2. The van der Waals surface area contributed by atoms with Gasteiger partial charge < -0.3 is 4.74 Å². The first-order chi connectivity index (χ1) is 6.56. The van der Waals surface area contributed by atoms with E-state index in [1.807, 2.05) is 0 Å². The lowest BCUT2D eigenvalue weighted by atomic mass is 10.2. The van der Waals surface area contributed by atoms with Gasteiger partial charge in [0.25, 0.3) is 6.43 Å². The van der Waals surface area contributed by atoms with Crippen LogP contribution in [0.3, 0.4) is 0 Å². The largest absolute Gasteiger partial charge is 0.465 e. The zero-order valence-electron chi connectivity index (χ0n) is 7.13. The van der Waals surface area contributed by atoms with Crippen molar-refractivity contribution in [2.24, 2.45) is 0 Å². The molecule has 0 spiro atoms. The summed E-state index contributed by atoms with van der Waals surface area (Å²) in [5, 5.41) is -0.247. The van der Waals surface area contributed by atoms with Crippen LogP contribution in [0.25, 0.3) is 0 Å². The lowest BCUT2D eigenvalue weighted by Crippen LogP contribution is -2.03. The topological polar surface area (TPSA) is 39.2 Å². The van der Waals surface area contributed by atoms with Crippen molar-refractivity contribution in [1.82, 2.24) is 4.98 Å². The third-order valence-electron chi connectivity index (χ3n) is 1.50. The third kappa shape index (κ3) is 2.17. The van der Waals surface area contributed by atoms with Crippen molar-refractivity contribution in [3.63, 3.8) is 0 Å². The maximum absolute atomic E-state index is 12.2. The zero-order chi connectivity index (χ0) is 10.7. The molecule has 0 aliphatic carbocycles. The molecule has 0 atom stereocenters. The van der Waals surface area contributed by atoms with E-state index in [1.165, 1.54) is 7.11 Å². The van der Waals surface area contributed by atoms with Gasteiger partial charge in [-0.15, -0.1) is 0 Å². The van der Waals surface area contributed by atoms with Gasteiger partial charge in [-0.05, 0) is 6.07 Å². The number of carbonyl (C=O) groups excluding carboxylic acids is 1. The van der Waals surface area contributed by atoms with Crippen molar-refractivity contribution in [3.05, 3.63) is 28.5 Å². The highest BCUT2D eigenvalue weighted by atomic mass is 35.5. The minimum atomic E-state index is -2.76. The molecule has 14 heavy (non-hydrogen) atoms. The van der Waals surface area contributed by atoms with E-state index < -0.39 is 18.1 Å². The van der Waals surface area contributed by atoms with Gasteiger partial charge in [-0.3, -0.25) is 4.98 Å². The fourth-order valence-electron chi connectivity index (χ4n) is 0.839. The molecule has 1 heterocycles. The minimum Gasteiger partial charge on any atom is -0.465 e. The number of carbonyl (C=O) groups is 1. The molecule has 3 nitrogen and oxygen atoms in total. The van der Waals surface area contributed by atoms with Crippen LogP contribution in [-0.2, 0) is 4.74 Å². The number of hydrogen-bond acceptors (Lipinski definition) is 3. The lowest BCUT2D eigenvalue weighted by Gasteiger charge is -2.03. The van der Waals surface area contributed by atoms with Crippen LogP contribution in [0, 0.1) is 0 Å². The number of esters is 1. The van der Waals surface area contributed by atoms with Gasteiger partial charge in [-0.2, -0.15) is 0 Å². The van der Waals surface area contributed by atoms with Crippen molar-refractivity contribution in [2.75, 3.05) is 7.11 Å². The molecule has 0 saturated heterocycles. The van der Waals surface area contributed by atoms with E-state index in [9.17, 15) is 13.6 Å². The van der Waals surface area contributed by atoms with Crippen LogP contribution in [0.5, 0.6) is 0 Å². The standard InChI is InChI=1S/C8H6ClF2NO2/c1-14-8(13)4-2-5(9)6(7(10)11)12-3-4/h2-3,7H,1H3. The lowest BCUT2D eigenvalue weighted by molar-refractivity contribution is 0.0599. The van der Waals surface area contributed by atoms with E-state index in [0.717, 1.165) is 12.3 Å². The van der Waals surface area contributed by atoms with Gasteiger partial charge in [-0.1, -0.05) is 11.6 Å². The molecule has 1 aromatic rings. The number of ether oxygens (including phenoxy) is 1. The number of aromatic nitrogens is 1. The van der Waals surface area contributed by atoms with Gasteiger partial charge in [-0.25, -0.2) is 13.6 Å². The Hall–Kier alpha value is -1.23. The predicted molar refractivity (Wildman–Crippen MR) is 45.5 cm³/mol. The number of pyridine rings is 1. The summed E-state index contributed by atoms with van der Waals surface area (Å²) in [6.45, 7) is 0. The number of alkyl halides is 2. The van der Waals surface area contributed by atoms with Gasteiger partial charge in [0.15, 0.2) is 0 Å². The Balaban J connectivity index is 3.06. The molecule has 0 radical (unpaired) electrons. The summed E-state index contributed by atoms with van der Waals surface area (Å²) in [4.78, 5) is 14.3. The summed E-state index contributed by atoms with van der Waals surface area (Å²) in [7, 11) is 1.18. The van der Waals surface area contributed by atoms with E-state index in [-0.39, 0.29) is 10.6 Å². The average molecular weight is 222 g/mol. The van der Waals surface area contributed by atoms with Gasteiger partial charge >= 0.3 is 5.97 Å². The van der Waals surface area contributed by atoms with E-state index >= 15 is 0 Å². The van der Waals surface area contributed by atoms with Crippen LogP contribution >= 0.6 is 11.6 Å². The van der Waals surface area contributed by atoms with Gasteiger partial charge in [0.05, 0.1) is 17.7 Å². The Labute approximate surface area is 83.7 Å². The summed E-state index contributed by atoms with van der Waals surface area (Å²) in [5.74, 6) is -0.666. The van der Waals surface area contributed by atoms with Crippen molar-refractivity contribution in [3.8, 4) is 0 Å². The van der Waals surface area contributed by atoms with E-state index in [0.29, 0.717) is 0 Å². The maximum Gasteiger partial charge on any atom is 0.339 e. The highest BCUT2D eigenvalue weighted by molar-refractivity contribution is 6.31. The molecule has 1 rings (SSSR count).